The summed E-state index contributed by atoms with van der Waals surface area (Å²) in [5, 5.41) is 11.0. The first-order valence-electron chi connectivity index (χ1n) is 10.4. The van der Waals surface area contributed by atoms with Crippen LogP contribution in [0.4, 0.5) is 5.69 Å². The number of non-ortho nitro benzene ring substituents is 1. The molecule has 168 valence electrons. The number of benzene rings is 2. The van der Waals surface area contributed by atoms with Crippen molar-refractivity contribution >= 4 is 17.7 Å². The monoisotopic (exact) mass is 439 g/mol. The second kappa shape index (κ2) is 9.69. The minimum atomic E-state index is -0.385. The van der Waals surface area contributed by atoms with Crippen molar-refractivity contribution in [3.63, 3.8) is 0 Å². The van der Waals surface area contributed by atoms with Crippen LogP contribution in [0.15, 0.2) is 42.5 Å². The summed E-state index contributed by atoms with van der Waals surface area (Å²) in [6, 6.07) is 10.3. The van der Waals surface area contributed by atoms with Gasteiger partial charge in [0.25, 0.3) is 5.69 Å². The van der Waals surface area contributed by atoms with E-state index in [1.807, 2.05) is 18.2 Å². The number of nitro groups is 1. The molecule has 2 aliphatic rings. The van der Waals surface area contributed by atoms with E-state index in [0.717, 1.165) is 11.1 Å². The van der Waals surface area contributed by atoms with Crippen LogP contribution in [0.25, 0.3) is 6.08 Å². The predicted molar refractivity (Wildman–Crippen MR) is 118 cm³/mol. The first-order valence-corrected chi connectivity index (χ1v) is 10.4. The molecule has 0 aliphatic carbocycles. The molecule has 32 heavy (non-hydrogen) atoms. The molecule has 1 saturated heterocycles. The standard InChI is InChI=1S/C23H25N3O6/c1-30-20-14-17(15-21-23(20)32-12-11-31-21)5-6-22(27)25-9-7-24(8-10-25)16-18-3-2-4-19(13-18)26(28)29/h2-6,13-15H,7-12,16H2,1H3/b6-5+. The molecule has 0 atom stereocenters. The SMILES string of the molecule is COc1cc(/C=C/C(=O)N2CCN(Cc3cccc([N+](=O)[O-])c3)CC2)cc2c1OCCO2. The number of nitro benzene ring substituents is 1. The van der Waals surface area contributed by atoms with Gasteiger partial charge < -0.3 is 19.1 Å². The fraction of sp³-hybridized carbons (Fsp3) is 0.348. The summed E-state index contributed by atoms with van der Waals surface area (Å²) in [5.74, 6) is 1.71. The number of nitrogens with zero attached hydrogens (tertiary/aromatic N) is 3. The van der Waals surface area contributed by atoms with Crippen LogP contribution in [-0.4, -0.2) is 67.1 Å². The number of ether oxygens (including phenoxy) is 3. The van der Waals surface area contributed by atoms with E-state index in [1.54, 1.807) is 36.3 Å². The van der Waals surface area contributed by atoms with Gasteiger partial charge >= 0.3 is 0 Å². The number of methoxy groups -OCH3 is 1. The van der Waals surface area contributed by atoms with E-state index in [1.165, 1.54) is 6.07 Å². The summed E-state index contributed by atoms with van der Waals surface area (Å²) < 4.78 is 16.6. The lowest BCUT2D eigenvalue weighted by Gasteiger charge is -2.34. The van der Waals surface area contributed by atoms with Crippen molar-refractivity contribution in [2.75, 3.05) is 46.5 Å². The number of hydrogen-bond acceptors (Lipinski definition) is 7. The maximum Gasteiger partial charge on any atom is 0.269 e. The second-order valence-corrected chi connectivity index (χ2v) is 7.61. The molecule has 2 aromatic rings. The highest BCUT2D eigenvalue weighted by Crippen LogP contribution is 2.40. The molecule has 1 amide bonds. The van der Waals surface area contributed by atoms with E-state index in [2.05, 4.69) is 4.90 Å². The van der Waals surface area contributed by atoms with Crippen molar-refractivity contribution in [3.05, 3.63) is 63.7 Å². The molecular formula is C23H25N3O6. The van der Waals surface area contributed by atoms with Crippen LogP contribution in [0, 0.1) is 10.1 Å². The third kappa shape index (κ3) is 5.00. The van der Waals surface area contributed by atoms with Crippen molar-refractivity contribution in [2.45, 2.75) is 6.54 Å². The Labute approximate surface area is 185 Å². The van der Waals surface area contributed by atoms with Crippen molar-refractivity contribution < 1.29 is 23.9 Å². The van der Waals surface area contributed by atoms with Crippen LogP contribution in [0.3, 0.4) is 0 Å². The van der Waals surface area contributed by atoms with E-state index in [0.29, 0.717) is 63.2 Å². The third-order valence-corrected chi connectivity index (χ3v) is 5.48. The molecule has 0 radical (unpaired) electrons. The van der Waals surface area contributed by atoms with E-state index >= 15 is 0 Å². The molecule has 0 bridgehead atoms. The van der Waals surface area contributed by atoms with Crippen molar-refractivity contribution in [1.29, 1.82) is 0 Å². The fourth-order valence-electron chi connectivity index (χ4n) is 3.82. The molecular weight excluding hydrogens is 414 g/mol. The van der Waals surface area contributed by atoms with Gasteiger partial charge in [-0.15, -0.1) is 0 Å². The minimum absolute atomic E-state index is 0.0612. The van der Waals surface area contributed by atoms with Crippen LogP contribution in [0.5, 0.6) is 17.2 Å². The summed E-state index contributed by atoms with van der Waals surface area (Å²) in [6.07, 6.45) is 3.31. The number of hydrogen-bond donors (Lipinski definition) is 0. The van der Waals surface area contributed by atoms with Crippen LogP contribution in [0.2, 0.25) is 0 Å². The molecule has 1 fully saturated rings. The Kier molecular flexibility index (Phi) is 6.55. The third-order valence-electron chi connectivity index (χ3n) is 5.48. The number of carbonyl (C=O) groups excluding carboxylic acids is 1. The molecule has 2 aromatic carbocycles. The van der Waals surface area contributed by atoms with Gasteiger partial charge in [0, 0.05) is 50.9 Å². The summed E-state index contributed by atoms with van der Waals surface area (Å²) >= 11 is 0. The average molecular weight is 439 g/mol. The number of amides is 1. The Morgan fingerprint density at radius 1 is 1.16 bits per heavy atom. The predicted octanol–water partition coefficient (Wildman–Crippen LogP) is 2.73. The Bertz CT molecular complexity index is 1010. The number of carbonyl (C=O) groups is 1. The van der Waals surface area contributed by atoms with Gasteiger partial charge in [-0.2, -0.15) is 0 Å². The molecule has 4 rings (SSSR count). The molecule has 0 spiro atoms. The zero-order valence-electron chi connectivity index (χ0n) is 17.9. The molecule has 0 N–H and O–H groups in total. The van der Waals surface area contributed by atoms with Gasteiger partial charge in [-0.1, -0.05) is 12.1 Å². The Balaban J connectivity index is 1.33. The van der Waals surface area contributed by atoms with E-state index < -0.39 is 0 Å². The first kappa shape index (κ1) is 21.6. The van der Waals surface area contributed by atoms with Crippen LogP contribution in [-0.2, 0) is 11.3 Å². The zero-order valence-corrected chi connectivity index (χ0v) is 17.9. The van der Waals surface area contributed by atoms with Gasteiger partial charge in [-0.25, -0.2) is 0 Å². The van der Waals surface area contributed by atoms with Gasteiger partial charge in [-0.3, -0.25) is 19.8 Å². The van der Waals surface area contributed by atoms with Gasteiger partial charge in [0.1, 0.15) is 13.2 Å². The Morgan fingerprint density at radius 3 is 2.69 bits per heavy atom. The highest BCUT2D eigenvalue weighted by Gasteiger charge is 2.21. The lowest BCUT2D eigenvalue weighted by molar-refractivity contribution is -0.384. The molecule has 0 unspecified atom stereocenters. The second-order valence-electron chi connectivity index (χ2n) is 7.61. The summed E-state index contributed by atoms with van der Waals surface area (Å²) in [7, 11) is 1.57. The normalized spacial score (nSPS) is 16.2. The average Bonchev–Trinajstić information content (AvgIpc) is 2.82. The fourth-order valence-corrected chi connectivity index (χ4v) is 3.82. The molecule has 9 nitrogen and oxygen atoms in total. The van der Waals surface area contributed by atoms with Gasteiger partial charge in [0.2, 0.25) is 11.7 Å². The van der Waals surface area contributed by atoms with Gasteiger partial charge in [-0.05, 0) is 29.3 Å². The van der Waals surface area contributed by atoms with Crippen molar-refractivity contribution in [2.24, 2.45) is 0 Å². The van der Waals surface area contributed by atoms with Crippen LogP contribution < -0.4 is 14.2 Å². The summed E-state index contributed by atoms with van der Waals surface area (Å²) in [6.45, 7) is 4.19. The van der Waals surface area contributed by atoms with Gasteiger partial charge in [0.15, 0.2) is 11.5 Å². The summed E-state index contributed by atoms with van der Waals surface area (Å²) in [4.78, 5) is 27.2. The molecule has 9 heteroatoms. The number of fused-ring (bicyclic) bond motifs is 1. The minimum Gasteiger partial charge on any atom is -0.493 e. The van der Waals surface area contributed by atoms with Crippen molar-refractivity contribution in [3.8, 4) is 17.2 Å². The first-order chi connectivity index (χ1) is 15.5. The Morgan fingerprint density at radius 2 is 1.94 bits per heavy atom. The quantitative estimate of drug-likeness (QED) is 0.388. The molecule has 2 aliphatic heterocycles. The van der Waals surface area contributed by atoms with Crippen molar-refractivity contribution in [1.82, 2.24) is 9.80 Å². The van der Waals surface area contributed by atoms with Crippen LogP contribution >= 0.6 is 0 Å². The number of rotatable bonds is 6. The smallest absolute Gasteiger partial charge is 0.269 e. The number of piperazine rings is 1. The highest BCUT2D eigenvalue weighted by molar-refractivity contribution is 5.92. The highest BCUT2D eigenvalue weighted by atomic mass is 16.6. The lowest BCUT2D eigenvalue weighted by Crippen LogP contribution is -2.47. The Hall–Kier alpha value is -3.59. The molecule has 0 saturated carbocycles. The maximum atomic E-state index is 12.7. The van der Waals surface area contributed by atoms with Gasteiger partial charge in [0.05, 0.1) is 12.0 Å². The maximum absolute atomic E-state index is 12.7. The zero-order chi connectivity index (χ0) is 22.5. The molecule has 2 heterocycles. The molecule has 0 aromatic heterocycles. The van der Waals surface area contributed by atoms with E-state index in [4.69, 9.17) is 14.2 Å². The van der Waals surface area contributed by atoms with Crippen LogP contribution in [0.1, 0.15) is 11.1 Å². The lowest BCUT2D eigenvalue weighted by atomic mass is 10.1. The largest absolute Gasteiger partial charge is 0.493 e. The summed E-state index contributed by atoms with van der Waals surface area (Å²) in [5.41, 5.74) is 1.78. The van der Waals surface area contributed by atoms with E-state index in [9.17, 15) is 14.9 Å². The van der Waals surface area contributed by atoms with E-state index in [-0.39, 0.29) is 16.5 Å². The topological polar surface area (TPSA) is 94.4 Å².